The van der Waals surface area contributed by atoms with Crippen LogP contribution in [-0.4, -0.2) is 55.6 Å². The fourth-order valence-corrected chi connectivity index (χ4v) is 6.77. The van der Waals surface area contributed by atoms with E-state index >= 15 is 0 Å². The summed E-state index contributed by atoms with van der Waals surface area (Å²) in [5.41, 5.74) is 12.3. The van der Waals surface area contributed by atoms with E-state index in [0.717, 1.165) is 32.4 Å². The molecule has 0 aliphatic heterocycles. The molecule has 0 bridgehead atoms. The second-order valence-corrected chi connectivity index (χ2v) is 12.7. The van der Waals surface area contributed by atoms with E-state index in [0.29, 0.717) is 59.9 Å². The molecule has 0 spiro atoms. The number of carbonyl (C=O) groups excluding carboxylic acids is 3. The number of imidazole rings is 2. The summed E-state index contributed by atoms with van der Waals surface area (Å²) in [6, 6.07) is 14.5. The Bertz CT molecular complexity index is 2500. The van der Waals surface area contributed by atoms with E-state index in [1.165, 1.54) is 0 Å². The smallest absolute Gasteiger partial charge is 0.298 e. The zero-order valence-corrected chi connectivity index (χ0v) is 30.3. The van der Waals surface area contributed by atoms with E-state index in [-0.39, 0.29) is 5.91 Å². The maximum Gasteiger partial charge on any atom is 0.298 e. The second-order valence-electron chi connectivity index (χ2n) is 11.9. The highest BCUT2D eigenvalue weighted by atomic mass is 79.9. The number of hydrogen-bond donors (Lipinski definition) is 1. The van der Waals surface area contributed by atoms with Crippen LogP contribution < -0.4 is 17.0 Å². The standard InChI is InChI=1S/C35H38BrN11O3/c1-7-46-28(18-21(3)40-46)32(49)38-34-43(6)27-20-23(31(37)48)14-15-25(27)44(34)16-9-10-17-45-30-24(36)12-11-13-26(30)42(5)35(45)39-33(50)29-19-22(4)41-47(29)8-2/h9-15,18-20H,7-8,16-17H2,1-6H3,(H2,37,48)/b10-9+,38-34?,39-35?. The minimum Gasteiger partial charge on any atom is -0.366 e. The Morgan fingerprint density at radius 2 is 1.30 bits per heavy atom. The topological polar surface area (TPSA) is 157 Å². The van der Waals surface area contributed by atoms with E-state index in [4.69, 9.17) is 5.73 Å². The number of allylic oxidation sites excluding steroid dienone is 2. The van der Waals surface area contributed by atoms with Gasteiger partial charge < -0.3 is 24.0 Å². The van der Waals surface area contributed by atoms with Crippen molar-refractivity contribution < 1.29 is 14.4 Å². The van der Waals surface area contributed by atoms with Gasteiger partial charge in [-0.05, 0) is 86.1 Å². The molecule has 0 aliphatic carbocycles. The zero-order valence-electron chi connectivity index (χ0n) is 28.8. The predicted octanol–water partition coefficient (Wildman–Crippen LogP) is 3.92. The van der Waals surface area contributed by atoms with E-state index in [9.17, 15) is 14.4 Å². The first-order valence-electron chi connectivity index (χ1n) is 16.2. The summed E-state index contributed by atoms with van der Waals surface area (Å²) in [5.74, 6) is -1.37. The van der Waals surface area contributed by atoms with Crippen LogP contribution in [0.4, 0.5) is 0 Å². The van der Waals surface area contributed by atoms with Crippen LogP contribution in [0.25, 0.3) is 22.1 Å². The first kappa shape index (κ1) is 34.3. The molecule has 0 unspecified atom stereocenters. The fourth-order valence-electron chi connectivity index (χ4n) is 6.20. The number of amides is 3. The highest BCUT2D eigenvalue weighted by Crippen LogP contribution is 2.23. The molecular weight excluding hydrogens is 702 g/mol. The summed E-state index contributed by atoms with van der Waals surface area (Å²) in [4.78, 5) is 48.2. The number of nitrogens with zero attached hydrogens (tertiary/aromatic N) is 10. The molecule has 3 amide bonds. The number of rotatable bonds is 9. The highest BCUT2D eigenvalue weighted by Gasteiger charge is 2.18. The summed E-state index contributed by atoms with van der Waals surface area (Å²) in [5, 5.41) is 8.82. The second kappa shape index (κ2) is 13.7. The Morgan fingerprint density at radius 1 is 0.760 bits per heavy atom. The lowest BCUT2D eigenvalue weighted by atomic mass is 10.2. The van der Waals surface area contributed by atoms with Gasteiger partial charge in [-0.3, -0.25) is 23.7 Å². The van der Waals surface area contributed by atoms with Gasteiger partial charge in [-0.15, -0.1) is 0 Å². The van der Waals surface area contributed by atoms with Crippen molar-refractivity contribution in [2.75, 3.05) is 0 Å². The van der Waals surface area contributed by atoms with Crippen molar-refractivity contribution >= 4 is 55.7 Å². The first-order valence-corrected chi connectivity index (χ1v) is 17.0. The molecule has 0 saturated carbocycles. The molecule has 4 heterocycles. The van der Waals surface area contributed by atoms with E-state index in [2.05, 4.69) is 36.1 Å². The van der Waals surface area contributed by atoms with Crippen molar-refractivity contribution in [3.05, 3.63) is 105 Å². The van der Waals surface area contributed by atoms with Crippen molar-refractivity contribution in [2.45, 2.75) is 53.9 Å². The van der Waals surface area contributed by atoms with Gasteiger partial charge in [0, 0.05) is 50.3 Å². The molecule has 4 aromatic heterocycles. The van der Waals surface area contributed by atoms with Gasteiger partial charge in [0.05, 0.1) is 33.5 Å². The number of benzene rings is 2. The number of nitrogens with two attached hydrogens (primary N) is 1. The van der Waals surface area contributed by atoms with E-state index < -0.39 is 11.8 Å². The van der Waals surface area contributed by atoms with Crippen LogP contribution in [0.3, 0.4) is 0 Å². The normalized spacial score (nSPS) is 12.7. The average Bonchev–Trinajstić information content (AvgIpc) is 3.81. The third-order valence-electron chi connectivity index (χ3n) is 8.58. The quantitative estimate of drug-likeness (QED) is 0.223. The van der Waals surface area contributed by atoms with Crippen LogP contribution in [0.5, 0.6) is 0 Å². The Kier molecular flexibility index (Phi) is 9.43. The van der Waals surface area contributed by atoms with Gasteiger partial charge in [0.15, 0.2) is 0 Å². The molecule has 0 radical (unpaired) electrons. The molecule has 14 nitrogen and oxygen atoms in total. The van der Waals surface area contributed by atoms with E-state index in [1.807, 2.05) is 78.8 Å². The monoisotopic (exact) mass is 739 g/mol. The summed E-state index contributed by atoms with van der Waals surface area (Å²) in [6.07, 6.45) is 3.95. The predicted molar refractivity (Wildman–Crippen MR) is 192 cm³/mol. The van der Waals surface area contributed by atoms with Crippen molar-refractivity contribution in [2.24, 2.45) is 29.8 Å². The molecule has 15 heteroatoms. The van der Waals surface area contributed by atoms with Crippen LogP contribution in [0.1, 0.15) is 56.6 Å². The van der Waals surface area contributed by atoms with Gasteiger partial charge >= 0.3 is 0 Å². The largest absolute Gasteiger partial charge is 0.366 e. The minimum absolute atomic E-state index is 0.346. The Morgan fingerprint density at radius 3 is 1.86 bits per heavy atom. The van der Waals surface area contributed by atoms with Crippen molar-refractivity contribution in [1.82, 2.24) is 37.8 Å². The van der Waals surface area contributed by atoms with E-state index in [1.54, 1.807) is 51.3 Å². The number of para-hydroxylation sites is 1. The third kappa shape index (κ3) is 6.19. The lowest BCUT2D eigenvalue weighted by molar-refractivity contribution is 0.0977. The Hall–Kier alpha value is -5.57. The fraction of sp³-hybridized carbons (Fsp3) is 0.286. The minimum atomic E-state index is -0.552. The number of primary amides is 1. The molecule has 258 valence electrons. The summed E-state index contributed by atoms with van der Waals surface area (Å²) >= 11 is 3.70. The number of halogens is 1. The molecule has 0 saturated heterocycles. The SMILES string of the molecule is CCn1nc(C)cc1C(=O)N=c1n(C)c2cc(C(N)=O)ccc2n1C/C=C/Cn1c(=NC(=O)c2cc(C)nn2CC)n(C)c2cccc(Br)c21. The lowest BCUT2D eigenvalue weighted by Gasteiger charge is -2.05. The molecular formula is C35H38BrN11O3. The Labute approximate surface area is 295 Å². The molecule has 50 heavy (non-hydrogen) atoms. The van der Waals surface area contributed by atoms with Crippen LogP contribution in [0.15, 0.2) is 75.1 Å². The third-order valence-corrected chi connectivity index (χ3v) is 9.22. The van der Waals surface area contributed by atoms with Crippen molar-refractivity contribution in [1.29, 1.82) is 0 Å². The highest BCUT2D eigenvalue weighted by molar-refractivity contribution is 9.10. The van der Waals surface area contributed by atoms with Crippen LogP contribution in [0.2, 0.25) is 0 Å². The van der Waals surface area contributed by atoms with Crippen molar-refractivity contribution in [3.8, 4) is 0 Å². The first-order chi connectivity index (χ1) is 23.9. The molecule has 0 fully saturated rings. The number of carbonyl (C=O) groups is 3. The van der Waals surface area contributed by atoms with Crippen LogP contribution >= 0.6 is 15.9 Å². The molecule has 0 atom stereocenters. The number of hydrogen-bond acceptors (Lipinski definition) is 5. The lowest BCUT2D eigenvalue weighted by Crippen LogP contribution is -2.27. The number of aryl methyl sites for hydroxylation is 6. The molecule has 2 N–H and O–H groups in total. The summed E-state index contributed by atoms with van der Waals surface area (Å²) in [6.45, 7) is 9.33. The number of fused-ring (bicyclic) bond motifs is 2. The summed E-state index contributed by atoms with van der Waals surface area (Å²) < 4.78 is 11.7. The van der Waals surface area contributed by atoms with Crippen LogP contribution in [-0.2, 0) is 40.3 Å². The average molecular weight is 741 g/mol. The van der Waals surface area contributed by atoms with Gasteiger partial charge in [0.2, 0.25) is 17.1 Å². The zero-order chi connectivity index (χ0) is 35.9. The van der Waals surface area contributed by atoms with Gasteiger partial charge in [0.25, 0.3) is 11.8 Å². The molecule has 6 aromatic rings. The van der Waals surface area contributed by atoms with Crippen LogP contribution in [0, 0.1) is 13.8 Å². The van der Waals surface area contributed by atoms with Gasteiger partial charge in [0.1, 0.15) is 11.4 Å². The molecule has 2 aromatic carbocycles. The number of aromatic nitrogens is 8. The maximum atomic E-state index is 13.5. The maximum absolute atomic E-state index is 13.5. The van der Waals surface area contributed by atoms with Crippen molar-refractivity contribution in [3.63, 3.8) is 0 Å². The molecule has 0 aliphatic rings. The summed E-state index contributed by atoms with van der Waals surface area (Å²) in [7, 11) is 3.68. The van der Waals surface area contributed by atoms with Gasteiger partial charge in [-0.25, -0.2) is 0 Å². The van der Waals surface area contributed by atoms with Gasteiger partial charge in [-0.2, -0.15) is 20.2 Å². The van der Waals surface area contributed by atoms with Gasteiger partial charge in [-0.1, -0.05) is 18.2 Å². The molecule has 6 rings (SSSR count). The Balaban J connectivity index is 1.42.